The highest BCUT2D eigenvalue weighted by Crippen LogP contribution is 2.34. The third kappa shape index (κ3) is 5.69. The minimum absolute atomic E-state index is 0.0636. The van der Waals surface area contributed by atoms with E-state index in [9.17, 15) is 17.6 Å². The highest BCUT2D eigenvalue weighted by Gasteiger charge is 2.35. The van der Waals surface area contributed by atoms with E-state index < -0.39 is 21.9 Å². The van der Waals surface area contributed by atoms with Gasteiger partial charge in [0.1, 0.15) is 6.61 Å². The number of halogens is 2. The van der Waals surface area contributed by atoms with Crippen molar-refractivity contribution in [3.05, 3.63) is 81.3 Å². The van der Waals surface area contributed by atoms with E-state index in [0.717, 1.165) is 10.4 Å². The Morgan fingerprint density at radius 2 is 1.94 bits per heavy atom. The SMILES string of the molecule is CCCN(CC(=O)N1CCc2sccc2[C@H]1COc1ccccc1F)S(=O)(=O)c1ccc(Cl)cc1. The third-order valence-electron chi connectivity index (χ3n) is 5.88. The number of ether oxygens (including phenoxy) is 1. The van der Waals surface area contributed by atoms with Crippen molar-refractivity contribution in [1.82, 2.24) is 9.21 Å². The lowest BCUT2D eigenvalue weighted by molar-refractivity contribution is -0.135. The summed E-state index contributed by atoms with van der Waals surface area (Å²) in [6.07, 6.45) is 1.22. The van der Waals surface area contributed by atoms with Crippen LogP contribution in [0.3, 0.4) is 0 Å². The number of nitrogens with zero attached hydrogens (tertiary/aromatic N) is 2. The predicted molar refractivity (Wildman–Crippen MR) is 135 cm³/mol. The quantitative estimate of drug-likeness (QED) is 0.379. The zero-order valence-corrected chi connectivity index (χ0v) is 21.6. The molecule has 0 spiro atoms. The molecule has 0 saturated heterocycles. The van der Waals surface area contributed by atoms with Gasteiger partial charge in [0, 0.05) is 23.0 Å². The van der Waals surface area contributed by atoms with E-state index in [1.54, 1.807) is 34.4 Å². The molecule has 0 N–H and O–H groups in total. The maximum atomic E-state index is 14.1. The van der Waals surface area contributed by atoms with E-state index in [-0.39, 0.29) is 36.2 Å². The molecule has 2 heterocycles. The molecule has 1 aliphatic heterocycles. The van der Waals surface area contributed by atoms with Crippen LogP contribution in [-0.2, 0) is 21.2 Å². The molecule has 1 aliphatic rings. The molecule has 0 bridgehead atoms. The van der Waals surface area contributed by atoms with Gasteiger partial charge in [-0.15, -0.1) is 11.3 Å². The Kier molecular flexibility index (Phi) is 8.11. The summed E-state index contributed by atoms with van der Waals surface area (Å²) in [6.45, 7) is 2.25. The van der Waals surface area contributed by atoms with E-state index in [1.807, 2.05) is 18.4 Å². The van der Waals surface area contributed by atoms with Gasteiger partial charge >= 0.3 is 0 Å². The number of fused-ring (bicyclic) bond motifs is 1. The van der Waals surface area contributed by atoms with E-state index in [4.69, 9.17) is 16.3 Å². The predicted octanol–water partition coefficient (Wildman–Crippen LogP) is 5.15. The van der Waals surface area contributed by atoms with Gasteiger partial charge in [0.05, 0.1) is 17.5 Å². The number of hydrogen-bond acceptors (Lipinski definition) is 5. The van der Waals surface area contributed by atoms with E-state index >= 15 is 0 Å². The van der Waals surface area contributed by atoms with Crippen molar-refractivity contribution in [2.45, 2.75) is 30.7 Å². The largest absolute Gasteiger partial charge is 0.488 e. The molecule has 186 valence electrons. The Morgan fingerprint density at radius 3 is 2.66 bits per heavy atom. The fraction of sp³-hybridized carbons (Fsp3) is 0.320. The lowest BCUT2D eigenvalue weighted by Gasteiger charge is -2.37. The summed E-state index contributed by atoms with van der Waals surface area (Å²) in [6, 6.07) is 13.5. The van der Waals surface area contributed by atoms with Crippen LogP contribution in [0.1, 0.15) is 29.8 Å². The Labute approximate surface area is 213 Å². The van der Waals surface area contributed by atoms with Crippen molar-refractivity contribution in [2.75, 3.05) is 26.2 Å². The van der Waals surface area contributed by atoms with E-state index in [2.05, 4.69) is 0 Å². The van der Waals surface area contributed by atoms with Gasteiger partial charge in [-0.2, -0.15) is 4.31 Å². The maximum absolute atomic E-state index is 14.1. The van der Waals surface area contributed by atoms with Crippen LogP contribution in [-0.4, -0.2) is 49.8 Å². The average Bonchev–Trinajstić information content (AvgIpc) is 3.32. The Hall–Kier alpha value is -2.46. The first-order valence-corrected chi connectivity index (χ1v) is 14.0. The van der Waals surface area contributed by atoms with Gasteiger partial charge in [0.2, 0.25) is 15.9 Å². The van der Waals surface area contributed by atoms with Crippen molar-refractivity contribution >= 4 is 38.9 Å². The Balaban J connectivity index is 1.56. The minimum Gasteiger partial charge on any atom is -0.488 e. The van der Waals surface area contributed by atoms with Crippen molar-refractivity contribution in [3.63, 3.8) is 0 Å². The standard InChI is InChI=1S/C25H26ClFN2O4S2/c1-2-13-28(35(31,32)19-9-7-18(26)8-10-19)16-25(30)29-14-11-24-20(12-15-34-24)22(29)17-33-23-6-4-3-5-21(23)27/h3-10,12,15,22H,2,11,13-14,16-17H2,1H3/t22-/m1/s1. The maximum Gasteiger partial charge on any atom is 0.243 e. The van der Waals surface area contributed by atoms with Crippen LogP contribution >= 0.6 is 22.9 Å². The van der Waals surface area contributed by atoms with Crippen molar-refractivity contribution in [2.24, 2.45) is 0 Å². The van der Waals surface area contributed by atoms with E-state index in [1.165, 1.54) is 34.6 Å². The second kappa shape index (κ2) is 11.1. The number of hydrogen-bond donors (Lipinski definition) is 0. The lowest BCUT2D eigenvalue weighted by Crippen LogP contribution is -2.48. The first-order chi connectivity index (χ1) is 16.8. The Morgan fingerprint density at radius 1 is 1.20 bits per heavy atom. The van der Waals surface area contributed by atoms with Crippen LogP contribution in [0.2, 0.25) is 5.02 Å². The number of carbonyl (C=O) groups excluding carboxylic acids is 1. The van der Waals surface area contributed by atoms with Gasteiger partial charge in [-0.1, -0.05) is 30.7 Å². The zero-order chi connectivity index (χ0) is 25.0. The van der Waals surface area contributed by atoms with Gasteiger partial charge in [0.25, 0.3) is 0 Å². The fourth-order valence-corrected chi connectivity index (χ4v) is 6.67. The molecule has 0 saturated carbocycles. The summed E-state index contributed by atoms with van der Waals surface area (Å²) in [5.74, 6) is -0.690. The summed E-state index contributed by atoms with van der Waals surface area (Å²) in [4.78, 5) is 16.4. The van der Waals surface area contributed by atoms with Crippen LogP contribution in [0.15, 0.2) is 64.9 Å². The molecule has 0 unspecified atom stereocenters. The molecular weight excluding hydrogens is 511 g/mol. The number of sulfonamides is 1. The molecule has 1 aromatic heterocycles. The van der Waals surface area contributed by atoms with Gasteiger partial charge in [-0.05, 0) is 66.2 Å². The van der Waals surface area contributed by atoms with Gasteiger partial charge in [-0.25, -0.2) is 12.8 Å². The number of carbonyl (C=O) groups is 1. The van der Waals surface area contributed by atoms with Gasteiger partial charge in [-0.3, -0.25) is 4.79 Å². The third-order valence-corrected chi connectivity index (χ3v) is 8.99. The molecule has 4 rings (SSSR count). The average molecular weight is 537 g/mol. The topological polar surface area (TPSA) is 66.9 Å². The molecule has 2 aromatic carbocycles. The van der Waals surface area contributed by atoms with Crippen LogP contribution in [0.25, 0.3) is 0 Å². The minimum atomic E-state index is -3.89. The number of rotatable bonds is 9. The molecule has 1 atom stereocenters. The molecule has 0 radical (unpaired) electrons. The second-order valence-corrected chi connectivity index (χ2v) is 11.6. The smallest absolute Gasteiger partial charge is 0.243 e. The van der Waals surface area contributed by atoms with Crippen LogP contribution in [0.4, 0.5) is 4.39 Å². The molecule has 10 heteroatoms. The monoisotopic (exact) mass is 536 g/mol. The van der Waals surface area contributed by atoms with E-state index in [0.29, 0.717) is 24.4 Å². The zero-order valence-electron chi connectivity index (χ0n) is 19.2. The lowest BCUT2D eigenvalue weighted by atomic mass is 10.0. The molecule has 1 amide bonds. The molecule has 3 aromatic rings. The fourth-order valence-electron chi connectivity index (χ4n) is 4.14. The normalized spacial score (nSPS) is 15.8. The molecule has 35 heavy (non-hydrogen) atoms. The number of thiophene rings is 1. The molecule has 6 nitrogen and oxygen atoms in total. The van der Waals surface area contributed by atoms with Crippen molar-refractivity contribution < 1.29 is 22.3 Å². The first kappa shape index (κ1) is 25.6. The number of amides is 1. The summed E-state index contributed by atoms with van der Waals surface area (Å²) in [7, 11) is -3.89. The van der Waals surface area contributed by atoms with Crippen LogP contribution in [0, 0.1) is 5.82 Å². The highest BCUT2D eigenvalue weighted by atomic mass is 35.5. The number of benzene rings is 2. The first-order valence-electron chi connectivity index (χ1n) is 11.3. The molecular formula is C25H26ClFN2O4S2. The summed E-state index contributed by atoms with van der Waals surface area (Å²) >= 11 is 7.52. The van der Waals surface area contributed by atoms with Crippen LogP contribution < -0.4 is 4.74 Å². The summed E-state index contributed by atoms with van der Waals surface area (Å²) in [5.41, 5.74) is 0.952. The molecule has 0 aliphatic carbocycles. The van der Waals surface area contributed by atoms with Gasteiger partial charge in [0.15, 0.2) is 11.6 Å². The highest BCUT2D eigenvalue weighted by molar-refractivity contribution is 7.89. The van der Waals surface area contributed by atoms with Crippen LogP contribution in [0.5, 0.6) is 5.75 Å². The summed E-state index contributed by atoms with van der Waals surface area (Å²) < 4.78 is 47.7. The Bertz CT molecular complexity index is 1280. The van der Waals surface area contributed by atoms with Gasteiger partial charge < -0.3 is 9.64 Å². The molecule has 0 fully saturated rings. The number of para-hydroxylation sites is 1. The second-order valence-electron chi connectivity index (χ2n) is 8.19. The summed E-state index contributed by atoms with van der Waals surface area (Å²) in [5, 5.41) is 2.39. The van der Waals surface area contributed by atoms with Crippen molar-refractivity contribution in [3.8, 4) is 5.75 Å². The van der Waals surface area contributed by atoms with Crippen molar-refractivity contribution in [1.29, 1.82) is 0 Å².